The Balaban J connectivity index is 1.12. The van der Waals surface area contributed by atoms with Gasteiger partial charge >= 0.3 is 11.9 Å². The fourth-order valence-electron chi connectivity index (χ4n) is 5.87. The minimum Gasteiger partial charge on any atom is -0.478 e. The number of anilines is 1. The Hall–Kier alpha value is -3.79. The van der Waals surface area contributed by atoms with Crippen molar-refractivity contribution in [2.75, 3.05) is 4.90 Å². The van der Waals surface area contributed by atoms with Crippen LogP contribution in [0.15, 0.2) is 47.0 Å². The van der Waals surface area contributed by atoms with Crippen molar-refractivity contribution >= 4 is 38.6 Å². The molecule has 1 N–H and O–H groups in total. The van der Waals surface area contributed by atoms with Crippen LogP contribution in [0.25, 0.3) is 21.5 Å². The molecule has 2 saturated heterocycles. The van der Waals surface area contributed by atoms with Crippen molar-refractivity contribution in [2.45, 2.75) is 62.6 Å². The number of aromatic carboxylic acids is 1. The number of piperidine rings is 1. The van der Waals surface area contributed by atoms with Gasteiger partial charge in [-0.1, -0.05) is 46.8 Å². The van der Waals surface area contributed by atoms with Gasteiger partial charge in [-0.05, 0) is 37.8 Å². The van der Waals surface area contributed by atoms with Crippen molar-refractivity contribution < 1.29 is 28.3 Å². The van der Waals surface area contributed by atoms with Crippen LogP contribution in [0, 0.1) is 5.82 Å². The number of hydrogen-bond acceptors (Lipinski definition) is 8. The maximum absolute atomic E-state index is 14.6. The first-order chi connectivity index (χ1) is 18.5. The minimum atomic E-state index is -1.17. The standard InChI is InChI=1S/C28H24FN3O5S/c29-20-10-16(26(33)34)11-21-24(20)30-28(38-21)32-17-8-9-18(32)13-19(12-17)36-27(35)22-23(14-4-2-1-3-5-14)31-37-25(22)15-6-7-15/h1-5,10-11,15,17-19H,6-9,12-13H2,(H,33,34)/t17-,18+,19+. The van der Waals surface area contributed by atoms with Crippen molar-refractivity contribution in [1.29, 1.82) is 0 Å². The maximum atomic E-state index is 14.6. The van der Waals surface area contributed by atoms with E-state index >= 15 is 0 Å². The number of rotatable bonds is 6. The second-order valence-corrected chi connectivity index (χ2v) is 11.3. The third-order valence-corrected chi connectivity index (χ3v) is 8.80. The molecule has 4 aromatic rings. The molecule has 3 fully saturated rings. The molecule has 2 aromatic carbocycles. The number of hydrogen-bond donors (Lipinski definition) is 1. The van der Waals surface area contributed by atoms with Crippen molar-refractivity contribution in [1.82, 2.24) is 10.1 Å². The molecule has 2 aliphatic heterocycles. The Bertz CT molecular complexity index is 1550. The van der Waals surface area contributed by atoms with E-state index in [9.17, 15) is 19.1 Å². The lowest BCUT2D eigenvalue weighted by Gasteiger charge is -2.38. The Labute approximate surface area is 221 Å². The van der Waals surface area contributed by atoms with Crippen LogP contribution in [0.3, 0.4) is 0 Å². The quantitative estimate of drug-likeness (QED) is 0.300. The highest BCUT2D eigenvalue weighted by atomic mass is 32.1. The van der Waals surface area contributed by atoms with Crippen LogP contribution < -0.4 is 4.90 Å². The molecule has 38 heavy (non-hydrogen) atoms. The van der Waals surface area contributed by atoms with Crippen LogP contribution in [0.1, 0.15) is 70.9 Å². The molecule has 8 nitrogen and oxygen atoms in total. The summed E-state index contributed by atoms with van der Waals surface area (Å²) in [6, 6.07) is 12.2. The lowest BCUT2D eigenvalue weighted by atomic mass is 9.99. The molecule has 1 aliphatic carbocycles. The molecule has 0 spiro atoms. The second-order valence-electron chi connectivity index (χ2n) is 10.3. The third kappa shape index (κ3) is 3.94. The first kappa shape index (κ1) is 23.3. The number of benzene rings is 2. The van der Waals surface area contributed by atoms with E-state index in [1.807, 2.05) is 30.3 Å². The van der Waals surface area contributed by atoms with Crippen LogP contribution in [0.5, 0.6) is 0 Å². The van der Waals surface area contributed by atoms with Crippen molar-refractivity contribution in [2.24, 2.45) is 0 Å². The van der Waals surface area contributed by atoms with E-state index in [-0.39, 0.29) is 35.2 Å². The average Bonchev–Trinajstić information content (AvgIpc) is 3.39. The summed E-state index contributed by atoms with van der Waals surface area (Å²) >= 11 is 1.30. The monoisotopic (exact) mass is 533 g/mol. The van der Waals surface area contributed by atoms with Gasteiger partial charge in [-0.25, -0.2) is 19.0 Å². The number of aromatic nitrogens is 2. The molecular formula is C28H24FN3O5S. The molecule has 194 valence electrons. The molecule has 0 amide bonds. The number of ether oxygens (including phenoxy) is 1. The zero-order chi connectivity index (χ0) is 26.0. The van der Waals surface area contributed by atoms with E-state index in [0.29, 0.717) is 39.7 Å². The van der Waals surface area contributed by atoms with Gasteiger partial charge in [0.1, 0.15) is 22.9 Å². The summed E-state index contributed by atoms with van der Waals surface area (Å²) in [5, 5.41) is 14.2. The van der Waals surface area contributed by atoms with Gasteiger partial charge in [-0.2, -0.15) is 0 Å². The summed E-state index contributed by atoms with van der Waals surface area (Å²) in [7, 11) is 0. The van der Waals surface area contributed by atoms with Gasteiger partial charge in [-0.3, -0.25) is 0 Å². The van der Waals surface area contributed by atoms with E-state index in [1.165, 1.54) is 17.4 Å². The van der Waals surface area contributed by atoms with Crippen LogP contribution in [-0.4, -0.2) is 45.4 Å². The van der Waals surface area contributed by atoms with E-state index in [2.05, 4.69) is 15.0 Å². The predicted molar refractivity (Wildman–Crippen MR) is 138 cm³/mol. The number of esters is 1. The molecule has 3 aliphatic rings. The number of halogens is 1. The van der Waals surface area contributed by atoms with Crippen molar-refractivity contribution in [3.05, 3.63) is 65.2 Å². The smallest absolute Gasteiger partial charge is 0.344 e. The van der Waals surface area contributed by atoms with Gasteiger partial charge in [0.2, 0.25) is 0 Å². The lowest BCUT2D eigenvalue weighted by molar-refractivity contribution is 0.0202. The second kappa shape index (κ2) is 8.90. The highest BCUT2D eigenvalue weighted by Gasteiger charge is 2.44. The maximum Gasteiger partial charge on any atom is 0.344 e. The topological polar surface area (TPSA) is 106 Å². The largest absolute Gasteiger partial charge is 0.478 e. The third-order valence-electron chi connectivity index (χ3n) is 7.79. The van der Waals surface area contributed by atoms with Gasteiger partial charge < -0.3 is 19.3 Å². The van der Waals surface area contributed by atoms with Crippen LogP contribution in [0.4, 0.5) is 9.52 Å². The molecule has 4 heterocycles. The molecule has 0 radical (unpaired) electrons. The molecular weight excluding hydrogens is 509 g/mol. The highest BCUT2D eigenvalue weighted by Crippen LogP contribution is 2.46. The first-order valence-corrected chi connectivity index (χ1v) is 13.7. The van der Waals surface area contributed by atoms with E-state index in [0.717, 1.165) is 37.3 Å². The predicted octanol–water partition coefficient (Wildman–Crippen LogP) is 6.02. The van der Waals surface area contributed by atoms with Crippen LogP contribution >= 0.6 is 11.3 Å². The van der Waals surface area contributed by atoms with Crippen molar-refractivity contribution in [3.8, 4) is 11.3 Å². The highest BCUT2D eigenvalue weighted by molar-refractivity contribution is 7.22. The summed E-state index contributed by atoms with van der Waals surface area (Å²) in [5.41, 5.74) is 1.88. The molecule has 2 bridgehead atoms. The van der Waals surface area contributed by atoms with Crippen LogP contribution in [0.2, 0.25) is 0 Å². The summed E-state index contributed by atoms with van der Waals surface area (Å²) in [5.74, 6) is -1.37. The Morgan fingerprint density at radius 3 is 2.50 bits per heavy atom. The number of thiazole rings is 1. The Morgan fingerprint density at radius 2 is 1.82 bits per heavy atom. The molecule has 7 rings (SSSR count). The van der Waals surface area contributed by atoms with Gasteiger partial charge in [0.25, 0.3) is 0 Å². The number of carboxylic acid groups (broad SMARTS) is 1. The van der Waals surface area contributed by atoms with Crippen LogP contribution in [-0.2, 0) is 4.74 Å². The number of carbonyl (C=O) groups excluding carboxylic acids is 1. The molecule has 3 atom stereocenters. The summed E-state index contributed by atoms with van der Waals surface area (Å²) in [6.45, 7) is 0. The normalized spacial score (nSPS) is 22.7. The summed E-state index contributed by atoms with van der Waals surface area (Å²) < 4.78 is 26.8. The first-order valence-electron chi connectivity index (χ1n) is 12.8. The fourth-order valence-corrected chi connectivity index (χ4v) is 7.04. The minimum absolute atomic E-state index is 0.0898. The van der Waals surface area contributed by atoms with E-state index in [1.54, 1.807) is 0 Å². The van der Waals surface area contributed by atoms with Gasteiger partial charge in [0, 0.05) is 36.4 Å². The number of carbonyl (C=O) groups is 2. The zero-order valence-corrected chi connectivity index (χ0v) is 21.1. The van der Waals surface area contributed by atoms with Gasteiger partial charge in [0.15, 0.2) is 16.7 Å². The Kier molecular flexibility index (Phi) is 5.47. The SMILES string of the molecule is O=C(O)c1cc(F)c2nc(N3[C@@H]4CC[C@H]3C[C@@H](OC(=O)c3c(-c5ccccc5)noc3C3CC3)C4)sc2c1. The molecule has 10 heteroatoms. The van der Waals surface area contributed by atoms with Gasteiger partial charge in [0.05, 0.1) is 10.3 Å². The van der Waals surface area contributed by atoms with Gasteiger partial charge in [-0.15, -0.1) is 0 Å². The fraction of sp³-hybridized carbons (Fsp3) is 0.357. The van der Waals surface area contributed by atoms with E-state index < -0.39 is 17.8 Å². The number of fused-ring (bicyclic) bond motifs is 3. The molecule has 2 aromatic heterocycles. The molecule has 0 unspecified atom stereocenters. The summed E-state index contributed by atoms with van der Waals surface area (Å²) in [4.78, 5) is 31.6. The lowest BCUT2D eigenvalue weighted by Crippen LogP contribution is -2.46. The number of carboxylic acids is 1. The van der Waals surface area contributed by atoms with Crippen molar-refractivity contribution in [3.63, 3.8) is 0 Å². The zero-order valence-electron chi connectivity index (χ0n) is 20.3. The number of nitrogens with zero attached hydrogens (tertiary/aromatic N) is 3. The summed E-state index contributed by atoms with van der Waals surface area (Å²) in [6.07, 6.45) is 4.83. The molecule has 1 saturated carbocycles. The average molecular weight is 534 g/mol. The van der Waals surface area contributed by atoms with E-state index in [4.69, 9.17) is 9.26 Å². The Morgan fingerprint density at radius 1 is 1.08 bits per heavy atom.